The quantitative estimate of drug-likeness (QED) is 0.827. The first kappa shape index (κ1) is 15.7. The first-order chi connectivity index (χ1) is 11.2. The smallest absolute Gasteiger partial charge is 0.0901 e. The van der Waals surface area contributed by atoms with E-state index in [1.54, 1.807) is 22.7 Å². The molecule has 2 aromatic rings. The van der Waals surface area contributed by atoms with E-state index in [0.717, 1.165) is 49.8 Å². The highest BCUT2D eigenvalue weighted by Gasteiger charge is 2.45. The summed E-state index contributed by atoms with van der Waals surface area (Å²) in [5, 5.41) is 7.57. The van der Waals surface area contributed by atoms with Gasteiger partial charge in [0.05, 0.1) is 35.6 Å². The second-order valence-electron chi connectivity index (χ2n) is 6.58. The topological polar surface area (TPSA) is 34.6 Å². The highest BCUT2D eigenvalue weighted by Crippen LogP contribution is 2.37. The van der Waals surface area contributed by atoms with E-state index < -0.39 is 0 Å². The van der Waals surface area contributed by atoms with Gasteiger partial charge < -0.3 is 9.47 Å². The SMILES string of the molecule is Cc1nc(CO[C@H]2CO[C@]3(CCN(Cc4ccsc4)C3)C2)cs1. The summed E-state index contributed by atoms with van der Waals surface area (Å²) in [6.07, 6.45) is 2.33. The van der Waals surface area contributed by atoms with Crippen molar-refractivity contribution in [2.75, 3.05) is 19.7 Å². The van der Waals surface area contributed by atoms with E-state index >= 15 is 0 Å². The molecule has 0 N–H and O–H groups in total. The molecule has 0 aliphatic carbocycles. The number of aromatic nitrogens is 1. The summed E-state index contributed by atoms with van der Waals surface area (Å²) in [4.78, 5) is 6.97. The molecule has 0 saturated carbocycles. The second-order valence-corrected chi connectivity index (χ2v) is 8.42. The number of thiazole rings is 1. The van der Waals surface area contributed by atoms with Gasteiger partial charge in [-0.3, -0.25) is 4.90 Å². The van der Waals surface area contributed by atoms with Gasteiger partial charge in [-0.25, -0.2) is 4.98 Å². The molecule has 1 spiro atoms. The van der Waals surface area contributed by atoms with Crippen LogP contribution in [-0.2, 0) is 22.6 Å². The molecule has 0 radical (unpaired) electrons. The number of nitrogens with zero attached hydrogens (tertiary/aromatic N) is 2. The van der Waals surface area contributed by atoms with E-state index in [0.29, 0.717) is 6.61 Å². The lowest BCUT2D eigenvalue weighted by atomic mass is 9.98. The number of likely N-dealkylation sites (tertiary alicyclic amines) is 1. The van der Waals surface area contributed by atoms with Crippen molar-refractivity contribution in [3.05, 3.63) is 38.5 Å². The van der Waals surface area contributed by atoms with Gasteiger partial charge in [-0.15, -0.1) is 11.3 Å². The summed E-state index contributed by atoms with van der Waals surface area (Å²) >= 11 is 3.45. The van der Waals surface area contributed by atoms with Crippen molar-refractivity contribution in [2.24, 2.45) is 0 Å². The molecular weight excluding hydrogens is 328 g/mol. The van der Waals surface area contributed by atoms with Crippen LogP contribution in [0.15, 0.2) is 22.2 Å². The third kappa shape index (κ3) is 3.67. The molecule has 4 rings (SSSR count). The van der Waals surface area contributed by atoms with E-state index in [9.17, 15) is 0 Å². The van der Waals surface area contributed by atoms with Crippen LogP contribution in [0, 0.1) is 6.92 Å². The molecule has 2 aromatic heterocycles. The van der Waals surface area contributed by atoms with Gasteiger partial charge in [0.2, 0.25) is 0 Å². The number of ether oxygens (including phenoxy) is 2. The molecule has 6 heteroatoms. The van der Waals surface area contributed by atoms with E-state index in [2.05, 4.69) is 32.1 Å². The van der Waals surface area contributed by atoms with Crippen molar-refractivity contribution in [1.82, 2.24) is 9.88 Å². The minimum atomic E-state index is 0.0126. The Bertz CT molecular complexity index is 643. The number of hydrogen-bond donors (Lipinski definition) is 0. The van der Waals surface area contributed by atoms with Crippen LogP contribution in [-0.4, -0.2) is 41.3 Å². The number of aryl methyl sites for hydroxylation is 1. The molecule has 2 aliphatic heterocycles. The van der Waals surface area contributed by atoms with E-state index in [1.807, 2.05) is 6.92 Å². The first-order valence-electron chi connectivity index (χ1n) is 8.11. The Labute approximate surface area is 145 Å². The molecule has 0 aromatic carbocycles. The third-order valence-corrected chi connectivity index (χ3v) is 6.24. The van der Waals surface area contributed by atoms with E-state index in [1.165, 1.54) is 5.56 Å². The summed E-state index contributed by atoms with van der Waals surface area (Å²) in [7, 11) is 0. The lowest BCUT2D eigenvalue weighted by Gasteiger charge is -2.23. The molecule has 0 amide bonds. The van der Waals surface area contributed by atoms with Gasteiger partial charge in [-0.05, 0) is 35.7 Å². The number of rotatable bonds is 5. The van der Waals surface area contributed by atoms with Crippen molar-refractivity contribution < 1.29 is 9.47 Å². The van der Waals surface area contributed by atoms with Crippen LogP contribution in [0.4, 0.5) is 0 Å². The summed E-state index contributed by atoms with van der Waals surface area (Å²) < 4.78 is 12.2. The van der Waals surface area contributed by atoms with Gasteiger partial charge in [0, 0.05) is 31.4 Å². The average Bonchev–Trinajstić information content (AvgIpc) is 3.29. The Kier molecular flexibility index (Phi) is 4.52. The molecule has 2 saturated heterocycles. The lowest BCUT2D eigenvalue weighted by Crippen LogP contribution is -2.32. The van der Waals surface area contributed by atoms with Crippen LogP contribution in [0.3, 0.4) is 0 Å². The summed E-state index contributed by atoms with van der Waals surface area (Å²) in [5.74, 6) is 0. The highest BCUT2D eigenvalue weighted by molar-refractivity contribution is 7.09. The van der Waals surface area contributed by atoms with E-state index in [-0.39, 0.29) is 11.7 Å². The molecule has 23 heavy (non-hydrogen) atoms. The zero-order valence-electron chi connectivity index (χ0n) is 13.4. The Morgan fingerprint density at radius 3 is 3.22 bits per heavy atom. The standard InChI is InChI=1S/C17H22N2O2S2/c1-13-18-15(11-23-13)8-20-16-6-17(21-9-16)3-4-19(12-17)7-14-2-5-22-10-14/h2,5,10-11,16H,3-4,6-9,12H2,1H3/t16-,17-/m1/s1. The fraction of sp³-hybridized carbons (Fsp3) is 0.588. The zero-order chi connectivity index (χ0) is 15.7. The predicted octanol–water partition coefficient (Wildman–Crippen LogP) is 3.46. The molecular formula is C17H22N2O2S2. The van der Waals surface area contributed by atoms with Gasteiger partial charge in [0.25, 0.3) is 0 Å². The fourth-order valence-electron chi connectivity index (χ4n) is 3.57. The third-order valence-electron chi connectivity index (χ3n) is 4.69. The Hall–Kier alpha value is -0.790. The number of thiophene rings is 1. The van der Waals surface area contributed by atoms with Gasteiger partial charge in [0.1, 0.15) is 0 Å². The van der Waals surface area contributed by atoms with Crippen molar-refractivity contribution in [3.8, 4) is 0 Å². The summed E-state index contributed by atoms with van der Waals surface area (Å²) in [6, 6.07) is 2.22. The molecule has 124 valence electrons. The fourth-order valence-corrected chi connectivity index (χ4v) is 4.83. The van der Waals surface area contributed by atoms with Crippen molar-refractivity contribution in [3.63, 3.8) is 0 Å². The summed E-state index contributed by atoms with van der Waals surface area (Å²) in [5.41, 5.74) is 2.47. The molecule has 2 atom stereocenters. The van der Waals surface area contributed by atoms with Crippen molar-refractivity contribution >= 4 is 22.7 Å². The minimum Gasteiger partial charge on any atom is -0.371 e. The maximum Gasteiger partial charge on any atom is 0.0901 e. The lowest BCUT2D eigenvalue weighted by molar-refractivity contribution is -0.000744. The van der Waals surface area contributed by atoms with E-state index in [4.69, 9.17) is 9.47 Å². The summed E-state index contributed by atoms with van der Waals surface area (Å²) in [6.45, 7) is 6.54. The Morgan fingerprint density at radius 1 is 1.48 bits per heavy atom. The zero-order valence-corrected chi connectivity index (χ0v) is 15.0. The first-order valence-corrected chi connectivity index (χ1v) is 9.93. The second kappa shape index (κ2) is 6.61. The molecule has 0 unspecified atom stereocenters. The van der Waals surface area contributed by atoms with Gasteiger partial charge in [0.15, 0.2) is 0 Å². The van der Waals surface area contributed by atoms with Crippen LogP contribution in [0.2, 0.25) is 0 Å². The van der Waals surface area contributed by atoms with Crippen molar-refractivity contribution in [2.45, 2.75) is 44.6 Å². The molecule has 4 heterocycles. The molecule has 0 bridgehead atoms. The van der Waals surface area contributed by atoms with Gasteiger partial charge in [-0.1, -0.05) is 0 Å². The maximum atomic E-state index is 6.18. The normalized spacial score (nSPS) is 28.1. The molecule has 4 nitrogen and oxygen atoms in total. The van der Waals surface area contributed by atoms with Crippen LogP contribution in [0.25, 0.3) is 0 Å². The monoisotopic (exact) mass is 350 g/mol. The van der Waals surface area contributed by atoms with Crippen LogP contribution >= 0.6 is 22.7 Å². The average molecular weight is 351 g/mol. The molecule has 2 aliphatic rings. The van der Waals surface area contributed by atoms with Gasteiger partial charge in [-0.2, -0.15) is 11.3 Å². The van der Waals surface area contributed by atoms with Crippen LogP contribution in [0.5, 0.6) is 0 Å². The maximum absolute atomic E-state index is 6.18. The largest absolute Gasteiger partial charge is 0.371 e. The Balaban J connectivity index is 1.28. The molecule has 2 fully saturated rings. The minimum absolute atomic E-state index is 0.0126. The van der Waals surface area contributed by atoms with Crippen molar-refractivity contribution in [1.29, 1.82) is 0 Å². The highest BCUT2D eigenvalue weighted by atomic mass is 32.1. The van der Waals surface area contributed by atoms with Gasteiger partial charge >= 0.3 is 0 Å². The van der Waals surface area contributed by atoms with Crippen LogP contribution in [0.1, 0.15) is 29.1 Å². The predicted molar refractivity (Wildman–Crippen MR) is 92.9 cm³/mol. The number of hydrogen-bond acceptors (Lipinski definition) is 6. The van der Waals surface area contributed by atoms with Crippen LogP contribution < -0.4 is 0 Å². The Morgan fingerprint density at radius 2 is 2.43 bits per heavy atom.